The second-order valence-corrected chi connectivity index (χ2v) is 3.11. The maximum atomic E-state index is 11.6. The number of carbonyl (C=O) groups excluding carboxylic acids is 1. The smallest absolute Gasteiger partial charge is 0.326 e. The van der Waals surface area contributed by atoms with Gasteiger partial charge in [0, 0.05) is 13.2 Å². The van der Waals surface area contributed by atoms with Gasteiger partial charge in [0.1, 0.15) is 11.7 Å². The van der Waals surface area contributed by atoms with Crippen LogP contribution in [0.3, 0.4) is 0 Å². The quantitative estimate of drug-likeness (QED) is 0.735. The Morgan fingerprint density at radius 3 is 2.73 bits per heavy atom. The van der Waals surface area contributed by atoms with E-state index in [1.807, 2.05) is 0 Å². The van der Waals surface area contributed by atoms with Gasteiger partial charge in [-0.25, -0.2) is 4.79 Å². The van der Waals surface area contributed by atoms with Gasteiger partial charge >= 0.3 is 5.97 Å². The van der Waals surface area contributed by atoms with Crippen molar-refractivity contribution >= 4 is 11.9 Å². The highest BCUT2D eigenvalue weighted by atomic mass is 16.4. The highest BCUT2D eigenvalue weighted by molar-refractivity contribution is 5.95. The lowest BCUT2D eigenvalue weighted by Crippen LogP contribution is -2.40. The lowest BCUT2D eigenvalue weighted by Gasteiger charge is -2.11. The minimum Gasteiger partial charge on any atom is -0.480 e. The Labute approximate surface area is 86.9 Å². The van der Waals surface area contributed by atoms with Gasteiger partial charge in [-0.2, -0.15) is 5.10 Å². The molecule has 0 aliphatic rings. The Balaban J connectivity index is 2.71. The average Bonchev–Trinajstić information content (AvgIpc) is 2.60. The van der Waals surface area contributed by atoms with Crippen molar-refractivity contribution in [3.63, 3.8) is 0 Å². The molecule has 0 aliphatic carbocycles. The van der Waals surface area contributed by atoms with E-state index >= 15 is 0 Å². The van der Waals surface area contributed by atoms with E-state index in [1.165, 1.54) is 16.9 Å². The van der Waals surface area contributed by atoms with Crippen LogP contribution in [-0.2, 0) is 11.8 Å². The summed E-state index contributed by atoms with van der Waals surface area (Å²) in [4.78, 5) is 22.2. The van der Waals surface area contributed by atoms with E-state index in [4.69, 9.17) is 5.11 Å². The molecule has 2 N–H and O–H groups in total. The second-order valence-electron chi connectivity index (χ2n) is 3.11. The number of nitrogens with one attached hydrogen (secondary N) is 1. The van der Waals surface area contributed by atoms with Crippen molar-refractivity contribution in [3.8, 4) is 0 Å². The van der Waals surface area contributed by atoms with Crippen LogP contribution < -0.4 is 5.32 Å². The summed E-state index contributed by atoms with van der Waals surface area (Å²) in [6.45, 7) is 1.70. The lowest BCUT2D eigenvalue weighted by atomic mass is 10.2. The molecule has 0 unspecified atom stereocenters. The summed E-state index contributed by atoms with van der Waals surface area (Å²) in [5.41, 5.74) is 0.342. The molecular weight excluding hydrogens is 198 g/mol. The van der Waals surface area contributed by atoms with E-state index in [9.17, 15) is 9.59 Å². The number of carboxylic acid groups (broad SMARTS) is 1. The van der Waals surface area contributed by atoms with E-state index < -0.39 is 17.9 Å². The van der Waals surface area contributed by atoms with Crippen LogP contribution in [0, 0.1) is 0 Å². The van der Waals surface area contributed by atoms with Gasteiger partial charge in [0.2, 0.25) is 0 Å². The molecule has 0 saturated carbocycles. The lowest BCUT2D eigenvalue weighted by molar-refractivity contribution is -0.139. The molecular formula is C9H13N3O3. The third-order valence-electron chi connectivity index (χ3n) is 2.07. The highest BCUT2D eigenvalue weighted by Crippen LogP contribution is 1.98. The Bertz CT molecular complexity index is 372. The number of hydrogen-bond donors (Lipinski definition) is 2. The molecule has 6 nitrogen and oxygen atoms in total. The molecule has 1 heterocycles. The number of hydrogen-bond acceptors (Lipinski definition) is 3. The molecule has 1 rings (SSSR count). The monoisotopic (exact) mass is 211 g/mol. The zero-order valence-electron chi connectivity index (χ0n) is 8.60. The highest BCUT2D eigenvalue weighted by Gasteiger charge is 2.19. The first-order valence-corrected chi connectivity index (χ1v) is 4.58. The summed E-state index contributed by atoms with van der Waals surface area (Å²) in [5.74, 6) is -1.46. The first-order chi connectivity index (χ1) is 7.06. The largest absolute Gasteiger partial charge is 0.480 e. The zero-order chi connectivity index (χ0) is 11.4. The van der Waals surface area contributed by atoms with Crippen LogP contribution in [0.25, 0.3) is 0 Å². The topological polar surface area (TPSA) is 84.2 Å². The molecule has 0 aromatic carbocycles. The SMILES string of the molecule is CC[C@@H](NC(=O)c1ccnn1C)C(=O)O. The molecule has 1 amide bonds. The minimum absolute atomic E-state index is 0.342. The Kier molecular flexibility index (Phi) is 3.43. The van der Waals surface area contributed by atoms with Crippen LogP contribution >= 0.6 is 0 Å². The zero-order valence-corrected chi connectivity index (χ0v) is 8.60. The summed E-state index contributed by atoms with van der Waals surface area (Å²) < 4.78 is 1.39. The van der Waals surface area contributed by atoms with E-state index in [0.29, 0.717) is 12.1 Å². The van der Waals surface area contributed by atoms with E-state index in [1.54, 1.807) is 14.0 Å². The summed E-state index contributed by atoms with van der Waals surface area (Å²) in [7, 11) is 1.62. The standard InChI is InChI=1S/C9H13N3O3/c1-3-6(9(14)15)11-8(13)7-4-5-10-12(7)2/h4-6H,3H2,1-2H3,(H,11,13)(H,14,15)/t6-/m1/s1. The van der Waals surface area contributed by atoms with Gasteiger partial charge in [-0.1, -0.05) is 6.92 Å². The van der Waals surface area contributed by atoms with Crippen LogP contribution in [0.4, 0.5) is 0 Å². The van der Waals surface area contributed by atoms with Crippen molar-refractivity contribution in [1.29, 1.82) is 0 Å². The van der Waals surface area contributed by atoms with Crippen molar-refractivity contribution in [2.45, 2.75) is 19.4 Å². The van der Waals surface area contributed by atoms with Crippen LogP contribution in [0.15, 0.2) is 12.3 Å². The number of carboxylic acids is 1. The summed E-state index contributed by atoms with van der Waals surface area (Å²) in [5, 5.41) is 15.0. The van der Waals surface area contributed by atoms with E-state index in [0.717, 1.165) is 0 Å². The van der Waals surface area contributed by atoms with Gasteiger partial charge in [-0.3, -0.25) is 9.48 Å². The number of rotatable bonds is 4. The minimum atomic E-state index is -1.03. The molecule has 6 heteroatoms. The van der Waals surface area contributed by atoms with Crippen LogP contribution in [-0.4, -0.2) is 32.8 Å². The average molecular weight is 211 g/mol. The predicted molar refractivity (Wildman–Crippen MR) is 52.4 cm³/mol. The Hall–Kier alpha value is -1.85. The maximum Gasteiger partial charge on any atom is 0.326 e. The number of nitrogens with zero attached hydrogens (tertiary/aromatic N) is 2. The summed E-state index contributed by atoms with van der Waals surface area (Å²) in [6.07, 6.45) is 1.83. The molecule has 0 spiro atoms. The maximum absolute atomic E-state index is 11.6. The molecule has 15 heavy (non-hydrogen) atoms. The fourth-order valence-electron chi connectivity index (χ4n) is 1.17. The third kappa shape index (κ3) is 2.55. The van der Waals surface area contributed by atoms with Crippen LogP contribution in [0.5, 0.6) is 0 Å². The molecule has 1 aromatic heterocycles. The summed E-state index contributed by atoms with van der Waals surface area (Å²) in [6, 6.07) is 0.677. The first-order valence-electron chi connectivity index (χ1n) is 4.58. The molecule has 82 valence electrons. The molecule has 0 aliphatic heterocycles. The van der Waals surface area contributed by atoms with Crippen molar-refractivity contribution in [2.75, 3.05) is 0 Å². The number of aliphatic carboxylic acids is 1. The van der Waals surface area contributed by atoms with Crippen molar-refractivity contribution in [3.05, 3.63) is 18.0 Å². The van der Waals surface area contributed by atoms with Gasteiger partial charge < -0.3 is 10.4 Å². The van der Waals surface area contributed by atoms with E-state index in [-0.39, 0.29) is 0 Å². The molecule has 0 bridgehead atoms. The van der Waals surface area contributed by atoms with Crippen LogP contribution in [0.1, 0.15) is 23.8 Å². The molecule has 1 atom stereocenters. The van der Waals surface area contributed by atoms with Gasteiger partial charge in [0.15, 0.2) is 0 Å². The van der Waals surface area contributed by atoms with Crippen molar-refractivity contribution in [1.82, 2.24) is 15.1 Å². The fourth-order valence-corrected chi connectivity index (χ4v) is 1.17. The predicted octanol–water partition coefficient (Wildman–Crippen LogP) is 0.0131. The second kappa shape index (κ2) is 4.59. The number of carbonyl (C=O) groups is 2. The molecule has 0 saturated heterocycles. The Morgan fingerprint density at radius 2 is 2.33 bits per heavy atom. The van der Waals surface area contributed by atoms with Crippen molar-refractivity contribution < 1.29 is 14.7 Å². The van der Waals surface area contributed by atoms with E-state index in [2.05, 4.69) is 10.4 Å². The molecule has 0 radical (unpaired) electrons. The van der Waals surface area contributed by atoms with Gasteiger partial charge in [-0.15, -0.1) is 0 Å². The number of amides is 1. The van der Waals surface area contributed by atoms with Gasteiger partial charge in [-0.05, 0) is 12.5 Å². The summed E-state index contributed by atoms with van der Waals surface area (Å²) >= 11 is 0. The number of aryl methyl sites for hydroxylation is 1. The molecule has 1 aromatic rings. The first kappa shape index (κ1) is 11.2. The van der Waals surface area contributed by atoms with Gasteiger partial charge in [0.05, 0.1) is 0 Å². The Morgan fingerprint density at radius 1 is 1.67 bits per heavy atom. The third-order valence-corrected chi connectivity index (χ3v) is 2.07. The fraction of sp³-hybridized carbons (Fsp3) is 0.444. The molecule has 0 fully saturated rings. The van der Waals surface area contributed by atoms with Crippen LogP contribution in [0.2, 0.25) is 0 Å². The number of aromatic nitrogens is 2. The normalized spacial score (nSPS) is 12.1. The van der Waals surface area contributed by atoms with Gasteiger partial charge in [0.25, 0.3) is 5.91 Å². The van der Waals surface area contributed by atoms with Crippen molar-refractivity contribution in [2.24, 2.45) is 7.05 Å².